The first-order valence-corrected chi connectivity index (χ1v) is 8.01. The van der Waals surface area contributed by atoms with E-state index in [1.54, 1.807) is 12.0 Å². The molecule has 1 aromatic heterocycles. The Balaban J connectivity index is 1.74. The number of hydrogen-bond donors (Lipinski definition) is 1. The molecule has 4 nitrogen and oxygen atoms in total. The summed E-state index contributed by atoms with van der Waals surface area (Å²) in [5, 5.41) is 1.10. The van der Waals surface area contributed by atoms with Gasteiger partial charge in [0, 0.05) is 36.3 Å². The Morgan fingerprint density at radius 1 is 1.17 bits per heavy atom. The van der Waals surface area contributed by atoms with Crippen molar-refractivity contribution < 1.29 is 9.53 Å². The third kappa shape index (κ3) is 3.27. The fourth-order valence-corrected chi connectivity index (χ4v) is 2.95. The number of likely N-dealkylation sites (N-methyl/N-ethyl adjacent to an activating group) is 1. The molecule has 3 aromatic rings. The van der Waals surface area contributed by atoms with Gasteiger partial charge in [-0.2, -0.15) is 0 Å². The van der Waals surface area contributed by atoms with Crippen LogP contribution in [0.5, 0.6) is 5.75 Å². The molecule has 0 unspecified atom stereocenters. The van der Waals surface area contributed by atoms with E-state index in [9.17, 15) is 4.79 Å². The zero-order valence-corrected chi connectivity index (χ0v) is 14.3. The molecule has 0 saturated carbocycles. The van der Waals surface area contributed by atoms with Gasteiger partial charge in [0.25, 0.3) is 0 Å². The quantitative estimate of drug-likeness (QED) is 0.779. The summed E-state index contributed by atoms with van der Waals surface area (Å²) >= 11 is 0. The molecule has 0 bridgehead atoms. The van der Waals surface area contributed by atoms with Crippen molar-refractivity contribution in [1.82, 2.24) is 9.88 Å². The van der Waals surface area contributed by atoms with Crippen LogP contribution in [0.4, 0.5) is 0 Å². The summed E-state index contributed by atoms with van der Waals surface area (Å²) in [6, 6.07) is 14.1. The van der Waals surface area contributed by atoms with Gasteiger partial charge in [-0.1, -0.05) is 35.9 Å². The molecule has 3 rings (SSSR count). The summed E-state index contributed by atoms with van der Waals surface area (Å²) in [6.07, 6.45) is 2.30. The number of carbonyl (C=O) groups excluding carboxylic acids is 1. The standard InChI is InChI=1S/C20H22N2O2/c1-14-8-9-19(24-3)16(10-14)13-22(2)20(23)11-15-12-21-18-7-5-4-6-17(15)18/h4-10,12,21H,11,13H2,1-3H3. The molecule has 0 aliphatic carbocycles. The number of fused-ring (bicyclic) bond motifs is 1. The highest BCUT2D eigenvalue weighted by atomic mass is 16.5. The molecule has 1 N–H and O–H groups in total. The minimum absolute atomic E-state index is 0.0864. The molecule has 4 heteroatoms. The first-order chi connectivity index (χ1) is 11.6. The van der Waals surface area contributed by atoms with Gasteiger partial charge in [0.2, 0.25) is 5.91 Å². The second-order valence-corrected chi connectivity index (χ2v) is 6.10. The van der Waals surface area contributed by atoms with Crippen LogP contribution in [0.1, 0.15) is 16.7 Å². The predicted octanol–water partition coefficient (Wildman–Crippen LogP) is 3.69. The summed E-state index contributed by atoms with van der Waals surface area (Å²) in [6.45, 7) is 2.57. The molecular formula is C20H22N2O2. The molecule has 24 heavy (non-hydrogen) atoms. The Morgan fingerprint density at radius 2 is 1.96 bits per heavy atom. The topological polar surface area (TPSA) is 45.3 Å². The number of benzene rings is 2. The number of nitrogens with zero attached hydrogens (tertiary/aromatic N) is 1. The maximum absolute atomic E-state index is 12.6. The zero-order valence-electron chi connectivity index (χ0n) is 14.3. The van der Waals surface area contributed by atoms with Gasteiger partial charge in [0.05, 0.1) is 13.5 Å². The van der Waals surface area contributed by atoms with Gasteiger partial charge in [-0.25, -0.2) is 0 Å². The second-order valence-electron chi connectivity index (χ2n) is 6.10. The first kappa shape index (κ1) is 16.1. The number of amides is 1. The van der Waals surface area contributed by atoms with Crippen molar-refractivity contribution >= 4 is 16.8 Å². The van der Waals surface area contributed by atoms with Crippen LogP contribution in [-0.2, 0) is 17.8 Å². The molecule has 1 amide bonds. The minimum Gasteiger partial charge on any atom is -0.496 e. The van der Waals surface area contributed by atoms with Gasteiger partial charge >= 0.3 is 0 Å². The van der Waals surface area contributed by atoms with Gasteiger partial charge in [-0.05, 0) is 24.6 Å². The fraction of sp³-hybridized carbons (Fsp3) is 0.250. The maximum Gasteiger partial charge on any atom is 0.227 e. The average molecular weight is 322 g/mol. The summed E-state index contributed by atoms with van der Waals surface area (Å²) in [4.78, 5) is 17.6. The van der Waals surface area contributed by atoms with Crippen LogP contribution in [0, 0.1) is 6.92 Å². The predicted molar refractivity (Wildman–Crippen MR) is 96.2 cm³/mol. The number of rotatable bonds is 5. The number of nitrogens with one attached hydrogen (secondary N) is 1. The lowest BCUT2D eigenvalue weighted by atomic mass is 10.1. The van der Waals surface area contributed by atoms with Gasteiger partial charge < -0.3 is 14.6 Å². The number of hydrogen-bond acceptors (Lipinski definition) is 2. The molecule has 0 atom stereocenters. The van der Waals surface area contributed by atoms with Crippen molar-refractivity contribution in [2.24, 2.45) is 0 Å². The third-order valence-corrected chi connectivity index (χ3v) is 4.29. The molecular weight excluding hydrogens is 300 g/mol. The van der Waals surface area contributed by atoms with Crippen molar-refractivity contribution in [3.05, 3.63) is 65.4 Å². The van der Waals surface area contributed by atoms with E-state index in [0.29, 0.717) is 13.0 Å². The van der Waals surface area contributed by atoms with Gasteiger partial charge in [-0.3, -0.25) is 4.79 Å². The van der Waals surface area contributed by atoms with Crippen LogP contribution in [0.2, 0.25) is 0 Å². The maximum atomic E-state index is 12.6. The highest BCUT2D eigenvalue weighted by molar-refractivity contribution is 5.88. The van der Waals surface area contributed by atoms with E-state index in [4.69, 9.17) is 4.74 Å². The van der Waals surface area contributed by atoms with Gasteiger partial charge in [0.15, 0.2) is 0 Å². The van der Waals surface area contributed by atoms with Crippen molar-refractivity contribution in [3.63, 3.8) is 0 Å². The van der Waals surface area contributed by atoms with E-state index < -0.39 is 0 Å². The fourth-order valence-electron chi connectivity index (χ4n) is 2.95. The van der Waals surface area contributed by atoms with Crippen LogP contribution in [0.25, 0.3) is 10.9 Å². The van der Waals surface area contributed by atoms with E-state index in [1.807, 2.05) is 56.6 Å². The molecule has 1 heterocycles. The monoisotopic (exact) mass is 322 g/mol. The second kappa shape index (κ2) is 6.79. The van der Waals surface area contributed by atoms with Gasteiger partial charge in [0.1, 0.15) is 5.75 Å². The number of aryl methyl sites for hydroxylation is 1. The molecule has 0 aliphatic rings. The van der Waals surface area contributed by atoms with E-state index in [2.05, 4.69) is 11.1 Å². The average Bonchev–Trinajstić information content (AvgIpc) is 2.98. The Labute approximate surface area is 142 Å². The Hall–Kier alpha value is -2.75. The SMILES string of the molecule is COc1ccc(C)cc1CN(C)C(=O)Cc1c[nH]c2ccccc12. The zero-order chi connectivity index (χ0) is 17.1. The van der Waals surface area contributed by atoms with Crippen LogP contribution in [0.15, 0.2) is 48.7 Å². The number of ether oxygens (including phenoxy) is 1. The number of carbonyl (C=O) groups is 1. The smallest absolute Gasteiger partial charge is 0.227 e. The van der Waals surface area contributed by atoms with Crippen LogP contribution >= 0.6 is 0 Å². The van der Waals surface area contributed by atoms with E-state index in [1.165, 1.54) is 0 Å². The Morgan fingerprint density at radius 3 is 2.75 bits per heavy atom. The Kier molecular flexibility index (Phi) is 4.56. The summed E-state index contributed by atoms with van der Waals surface area (Å²) in [5.74, 6) is 0.899. The number of para-hydroxylation sites is 1. The lowest BCUT2D eigenvalue weighted by Gasteiger charge is -2.19. The Bertz CT molecular complexity index is 867. The third-order valence-electron chi connectivity index (χ3n) is 4.29. The van der Waals surface area contributed by atoms with Crippen molar-refractivity contribution in [2.45, 2.75) is 19.9 Å². The van der Waals surface area contributed by atoms with E-state index in [-0.39, 0.29) is 5.91 Å². The van der Waals surface area contributed by atoms with Crippen molar-refractivity contribution in [2.75, 3.05) is 14.2 Å². The molecule has 0 radical (unpaired) electrons. The lowest BCUT2D eigenvalue weighted by Crippen LogP contribution is -2.27. The summed E-state index contributed by atoms with van der Waals surface area (Å²) in [7, 11) is 3.49. The van der Waals surface area contributed by atoms with Crippen molar-refractivity contribution in [1.29, 1.82) is 0 Å². The normalized spacial score (nSPS) is 10.8. The molecule has 0 aliphatic heterocycles. The van der Waals surface area contributed by atoms with E-state index >= 15 is 0 Å². The van der Waals surface area contributed by atoms with Crippen LogP contribution in [0.3, 0.4) is 0 Å². The molecule has 0 saturated heterocycles. The highest BCUT2D eigenvalue weighted by Gasteiger charge is 2.15. The molecule has 124 valence electrons. The first-order valence-electron chi connectivity index (χ1n) is 8.01. The summed E-state index contributed by atoms with van der Waals surface area (Å²) < 4.78 is 5.40. The largest absolute Gasteiger partial charge is 0.496 e. The van der Waals surface area contributed by atoms with E-state index in [0.717, 1.165) is 33.3 Å². The number of aromatic nitrogens is 1. The van der Waals surface area contributed by atoms with Gasteiger partial charge in [-0.15, -0.1) is 0 Å². The van der Waals surface area contributed by atoms with Crippen LogP contribution < -0.4 is 4.74 Å². The van der Waals surface area contributed by atoms with Crippen LogP contribution in [-0.4, -0.2) is 29.9 Å². The molecule has 0 spiro atoms. The number of methoxy groups -OCH3 is 1. The molecule has 0 fully saturated rings. The van der Waals surface area contributed by atoms with Crippen molar-refractivity contribution in [3.8, 4) is 5.75 Å². The number of H-pyrrole nitrogens is 1. The molecule has 2 aromatic carbocycles. The minimum atomic E-state index is 0.0864. The highest BCUT2D eigenvalue weighted by Crippen LogP contribution is 2.22. The summed E-state index contributed by atoms with van der Waals surface area (Å²) in [5.41, 5.74) is 4.26. The number of aromatic amines is 1. The lowest BCUT2D eigenvalue weighted by molar-refractivity contribution is -0.129.